The molecule has 1 aliphatic carbocycles. The molecule has 1 aliphatic rings. The number of aliphatic carboxylic acids is 1. The van der Waals surface area contributed by atoms with Gasteiger partial charge in [0, 0.05) is 31.2 Å². The van der Waals surface area contributed by atoms with Crippen LogP contribution in [0.15, 0.2) is 36.4 Å². The van der Waals surface area contributed by atoms with E-state index in [4.69, 9.17) is 21.4 Å². The maximum Gasteiger partial charge on any atom is 0.303 e. The van der Waals surface area contributed by atoms with E-state index in [0.29, 0.717) is 25.9 Å². The Morgan fingerprint density at radius 3 is 2.73 bits per heavy atom. The molecule has 1 aromatic rings. The number of methoxy groups -OCH3 is 1. The summed E-state index contributed by atoms with van der Waals surface area (Å²) in [6.45, 7) is 0.545. The molecule has 0 heterocycles. The third-order valence-electron chi connectivity index (χ3n) is 5.85. The van der Waals surface area contributed by atoms with Crippen LogP contribution in [0.3, 0.4) is 0 Å². The quantitative estimate of drug-likeness (QED) is 0.242. The lowest BCUT2D eigenvalue weighted by Gasteiger charge is -2.21. The summed E-state index contributed by atoms with van der Waals surface area (Å²) in [6, 6.07) is 7.98. The lowest BCUT2D eigenvalue weighted by Crippen LogP contribution is -2.19. The van der Waals surface area contributed by atoms with Crippen LogP contribution in [0.2, 0.25) is 0 Å². The molecular formula is C24H35ClO5. The van der Waals surface area contributed by atoms with E-state index in [1.807, 2.05) is 30.3 Å². The monoisotopic (exact) mass is 438 g/mol. The average Bonchev–Trinajstić information content (AvgIpc) is 2.95. The Kier molecular flexibility index (Phi) is 10.9. The van der Waals surface area contributed by atoms with Gasteiger partial charge in [-0.2, -0.15) is 0 Å². The van der Waals surface area contributed by atoms with Crippen molar-refractivity contribution in [1.82, 2.24) is 0 Å². The molecule has 1 fully saturated rings. The zero-order chi connectivity index (χ0) is 21.9. The van der Waals surface area contributed by atoms with Crippen LogP contribution in [0.4, 0.5) is 0 Å². The molecule has 0 unspecified atom stereocenters. The largest absolute Gasteiger partial charge is 0.481 e. The van der Waals surface area contributed by atoms with E-state index in [9.17, 15) is 15.0 Å². The van der Waals surface area contributed by atoms with Gasteiger partial charge in [-0.25, -0.2) is 0 Å². The highest BCUT2D eigenvalue weighted by Crippen LogP contribution is 2.40. The molecule has 0 bridgehead atoms. The molecule has 6 heteroatoms. The summed E-state index contributed by atoms with van der Waals surface area (Å²) in [5.41, 5.74) is 2.12. The van der Waals surface area contributed by atoms with Gasteiger partial charge in [-0.15, -0.1) is 11.6 Å². The van der Waals surface area contributed by atoms with Crippen LogP contribution in [0.1, 0.15) is 56.1 Å². The molecule has 168 valence electrons. The van der Waals surface area contributed by atoms with Crippen LogP contribution in [0.25, 0.3) is 0 Å². The van der Waals surface area contributed by atoms with E-state index in [-0.39, 0.29) is 23.6 Å². The van der Waals surface area contributed by atoms with Crippen molar-refractivity contribution in [3.8, 4) is 0 Å². The lowest BCUT2D eigenvalue weighted by molar-refractivity contribution is -0.137. The first-order valence-electron chi connectivity index (χ1n) is 10.9. The van der Waals surface area contributed by atoms with E-state index in [2.05, 4.69) is 0 Å². The fraction of sp³-hybridized carbons (Fsp3) is 0.625. The summed E-state index contributed by atoms with van der Waals surface area (Å²) < 4.78 is 5.16. The number of rotatable bonds is 13. The minimum absolute atomic E-state index is 0.0546. The number of aliphatic hydroxyl groups excluding tert-OH is 2. The Hall–Kier alpha value is -1.40. The molecule has 0 saturated heterocycles. The van der Waals surface area contributed by atoms with E-state index in [1.54, 1.807) is 13.2 Å². The van der Waals surface area contributed by atoms with Gasteiger partial charge in [-0.3, -0.25) is 4.79 Å². The predicted octanol–water partition coefficient (Wildman–Crippen LogP) is 4.32. The number of unbranched alkanes of at least 4 members (excludes halogenated alkanes) is 3. The van der Waals surface area contributed by atoms with Gasteiger partial charge >= 0.3 is 5.97 Å². The maximum atomic E-state index is 10.6. The second-order valence-electron chi connectivity index (χ2n) is 8.32. The molecule has 0 amide bonds. The summed E-state index contributed by atoms with van der Waals surface area (Å²) in [7, 11) is 1.66. The first-order valence-corrected chi connectivity index (χ1v) is 11.3. The summed E-state index contributed by atoms with van der Waals surface area (Å²) in [5.74, 6) is -0.625. The van der Waals surface area contributed by atoms with Gasteiger partial charge in [-0.05, 0) is 36.3 Å². The van der Waals surface area contributed by atoms with Crippen LogP contribution < -0.4 is 0 Å². The number of carbonyl (C=O) groups is 1. The number of hydrogen-bond acceptors (Lipinski definition) is 4. The van der Waals surface area contributed by atoms with Crippen molar-refractivity contribution in [2.45, 2.75) is 75.6 Å². The molecule has 30 heavy (non-hydrogen) atoms. The molecule has 0 spiro atoms. The normalized spacial score (nSPS) is 25.1. The first-order chi connectivity index (χ1) is 14.4. The number of carboxylic acids is 1. The van der Waals surface area contributed by atoms with Gasteiger partial charge in [-0.1, -0.05) is 55.7 Å². The summed E-state index contributed by atoms with van der Waals surface area (Å²) in [6.07, 6.45) is 8.35. The summed E-state index contributed by atoms with van der Waals surface area (Å²) in [5, 5.41) is 29.5. The minimum atomic E-state index is -0.746. The Bertz CT molecular complexity index is 677. The number of ether oxygens (including phenoxy) is 1. The van der Waals surface area contributed by atoms with E-state index in [1.165, 1.54) is 0 Å². The van der Waals surface area contributed by atoms with Crippen molar-refractivity contribution in [2.24, 2.45) is 11.8 Å². The highest BCUT2D eigenvalue weighted by atomic mass is 35.5. The third kappa shape index (κ3) is 8.38. The maximum absolute atomic E-state index is 10.6. The molecule has 5 nitrogen and oxygen atoms in total. The Morgan fingerprint density at radius 1 is 1.27 bits per heavy atom. The zero-order valence-corrected chi connectivity index (χ0v) is 18.5. The van der Waals surface area contributed by atoms with Crippen LogP contribution in [-0.2, 0) is 22.6 Å². The lowest BCUT2D eigenvalue weighted by atomic mass is 9.88. The fourth-order valence-corrected chi connectivity index (χ4v) is 4.80. The molecule has 0 aliphatic heterocycles. The number of halogens is 1. The smallest absolute Gasteiger partial charge is 0.303 e. The molecule has 2 rings (SSSR count). The highest BCUT2D eigenvalue weighted by Gasteiger charge is 2.39. The first kappa shape index (κ1) is 24.9. The molecule has 3 N–H and O–H groups in total. The molecule has 0 radical (unpaired) electrons. The molecule has 1 aromatic carbocycles. The van der Waals surface area contributed by atoms with Crippen LogP contribution in [0, 0.1) is 11.8 Å². The van der Waals surface area contributed by atoms with Gasteiger partial charge in [0.1, 0.15) is 0 Å². The van der Waals surface area contributed by atoms with E-state index >= 15 is 0 Å². The second kappa shape index (κ2) is 13.1. The third-order valence-corrected chi connectivity index (χ3v) is 6.35. The van der Waals surface area contributed by atoms with Crippen LogP contribution >= 0.6 is 11.6 Å². The average molecular weight is 439 g/mol. The number of alkyl halides is 1. The van der Waals surface area contributed by atoms with Crippen molar-refractivity contribution < 1.29 is 24.9 Å². The van der Waals surface area contributed by atoms with E-state index < -0.39 is 18.2 Å². The number of carboxylic acid groups (broad SMARTS) is 1. The standard InChI is InChI=1S/C24H35ClO5/c1-30-16-18-8-6-7-17(13-18)14-19(26)11-12-21-20(22(25)15-23(21)27)9-4-2-3-5-10-24(28)29/h6-8,11-13,19-23,26-27H,2-5,9-10,14-16H2,1H3,(H,28,29)/t19-,20+,21+,22+,23+/m0/s1. The van der Waals surface area contributed by atoms with Crippen LogP contribution in [-0.4, -0.2) is 46.0 Å². The van der Waals surface area contributed by atoms with Gasteiger partial charge in [0.25, 0.3) is 0 Å². The summed E-state index contributed by atoms with van der Waals surface area (Å²) in [4.78, 5) is 10.6. The molecule has 1 saturated carbocycles. The summed E-state index contributed by atoms with van der Waals surface area (Å²) >= 11 is 6.50. The van der Waals surface area contributed by atoms with Gasteiger partial charge in [0.2, 0.25) is 0 Å². The van der Waals surface area contributed by atoms with Gasteiger partial charge in [0.05, 0.1) is 18.8 Å². The van der Waals surface area contributed by atoms with Crippen molar-refractivity contribution in [1.29, 1.82) is 0 Å². The van der Waals surface area contributed by atoms with E-state index in [0.717, 1.165) is 36.8 Å². The topological polar surface area (TPSA) is 87.0 Å². The van der Waals surface area contributed by atoms with Crippen molar-refractivity contribution in [2.75, 3.05) is 7.11 Å². The predicted molar refractivity (Wildman–Crippen MR) is 119 cm³/mol. The van der Waals surface area contributed by atoms with Crippen molar-refractivity contribution in [3.63, 3.8) is 0 Å². The molecule has 5 atom stereocenters. The Balaban J connectivity index is 1.84. The SMILES string of the molecule is COCc1cccc(C[C@@H](O)C=C[C@@H]2[C@@H](CCCCCCC(=O)O)[C@H](Cl)C[C@H]2O)c1. The number of aliphatic hydroxyl groups is 2. The Labute approximate surface area is 184 Å². The molecule has 0 aromatic heterocycles. The minimum Gasteiger partial charge on any atom is -0.481 e. The van der Waals surface area contributed by atoms with Crippen LogP contribution in [0.5, 0.6) is 0 Å². The van der Waals surface area contributed by atoms with Crippen molar-refractivity contribution in [3.05, 3.63) is 47.5 Å². The van der Waals surface area contributed by atoms with Gasteiger partial charge in [0.15, 0.2) is 0 Å². The van der Waals surface area contributed by atoms with Gasteiger partial charge < -0.3 is 20.1 Å². The number of benzene rings is 1. The fourth-order valence-electron chi connectivity index (χ4n) is 4.32. The highest BCUT2D eigenvalue weighted by molar-refractivity contribution is 6.21. The van der Waals surface area contributed by atoms with Crippen molar-refractivity contribution >= 4 is 17.6 Å². The zero-order valence-electron chi connectivity index (χ0n) is 17.8. The molecular weight excluding hydrogens is 404 g/mol. The Morgan fingerprint density at radius 2 is 2.00 bits per heavy atom. The second-order valence-corrected chi connectivity index (χ2v) is 8.88. The number of hydrogen-bond donors (Lipinski definition) is 3.